The number of aromatic nitrogens is 1. The summed E-state index contributed by atoms with van der Waals surface area (Å²) in [6, 6.07) is -0.254. The van der Waals surface area contributed by atoms with Crippen LogP contribution in [0.1, 0.15) is 32.9 Å². The molecule has 0 bridgehead atoms. The van der Waals surface area contributed by atoms with Gasteiger partial charge < -0.3 is 10.0 Å². The van der Waals surface area contributed by atoms with Crippen molar-refractivity contribution in [2.24, 2.45) is 0 Å². The standard InChI is InChI=1S/C13H18F3N3O2S/c1-12(2,3)19(11(20)21)8-4-5-18(6-8)10-17-9(7-22-10)13(14,15)16/h7-8H,4-6H2,1-3H3,(H,20,21)/t8-/m1/s1. The van der Waals surface area contributed by atoms with Gasteiger partial charge in [0.15, 0.2) is 10.8 Å². The van der Waals surface area contributed by atoms with E-state index < -0.39 is 23.5 Å². The molecule has 1 aliphatic rings. The molecule has 1 aromatic heterocycles. The van der Waals surface area contributed by atoms with Gasteiger partial charge in [0.1, 0.15) is 0 Å². The van der Waals surface area contributed by atoms with E-state index in [9.17, 15) is 23.1 Å². The Morgan fingerprint density at radius 2 is 2.09 bits per heavy atom. The van der Waals surface area contributed by atoms with Crippen molar-refractivity contribution in [1.82, 2.24) is 9.88 Å². The Hall–Kier alpha value is -1.51. The zero-order valence-corrected chi connectivity index (χ0v) is 13.3. The van der Waals surface area contributed by atoms with Gasteiger partial charge in [-0.1, -0.05) is 0 Å². The lowest BCUT2D eigenvalue weighted by Gasteiger charge is -2.37. The van der Waals surface area contributed by atoms with E-state index in [0.717, 1.165) is 16.7 Å². The van der Waals surface area contributed by atoms with E-state index in [4.69, 9.17) is 0 Å². The van der Waals surface area contributed by atoms with E-state index in [2.05, 4.69) is 4.98 Å². The van der Waals surface area contributed by atoms with Crippen LogP contribution in [0.4, 0.5) is 23.1 Å². The molecule has 0 radical (unpaired) electrons. The van der Waals surface area contributed by atoms with Crippen LogP contribution in [0.2, 0.25) is 0 Å². The van der Waals surface area contributed by atoms with Gasteiger partial charge in [0.05, 0.1) is 6.04 Å². The summed E-state index contributed by atoms with van der Waals surface area (Å²) in [7, 11) is 0. The van der Waals surface area contributed by atoms with Crippen molar-refractivity contribution in [3.8, 4) is 0 Å². The average Bonchev–Trinajstić information content (AvgIpc) is 2.91. The second-order valence-corrected chi connectivity index (χ2v) is 7.06. The van der Waals surface area contributed by atoms with Gasteiger partial charge in [0, 0.05) is 24.0 Å². The first-order valence-corrected chi connectivity index (χ1v) is 7.68. The van der Waals surface area contributed by atoms with Crippen molar-refractivity contribution in [2.45, 2.75) is 44.9 Å². The predicted octanol–water partition coefficient (Wildman–Crippen LogP) is 3.52. The summed E-state index contributed by atoms with van der Waals surface area (Å²) < 4.78 is 37.8. The predicted molar refractivity (Wildman–Crippen MR) is 77.4 cm³/mol. The Bertz CT molecular complexity index is 553. The molecule has 9 heteroatoms. The number of nitrogens with zero attached hydrogens (tertiary/aromatic N) is 3. The highest BCUT2D eigenvalue weighted by Crippen LogP contribution is 2.35. The second kappa shape index (κ2) is 5.60. The van der Waals surface area contributed by atoms with Gasteiger partial charge in [-0.3, -0.25) is 4.90 Å². The molecule has 0 spiro atoms. The Labute approximate surface area is 130 Å². The summed E-state index contributed by atoms with van der Waals surface area (Å²) in [5.74, 6) is 0. The van der Waals surface area contributed by atoms with E-state index in [1.807, 2.05) is 0 Å². The Morgan fingerprint density at radius 3 is 2.55 bits per heavy atom. The molecular weight excluding hydrogens is 319 g/mol. The number of anilines is 1. The van der Waals surface area contributed by atoms with Crippen molar-refractivity contribution < 1.29 is 23.1 Å². The molecule has 1 saturated heterocycles. The minimum absolute atomic E-state index is 0.254. The number of hydrogen-bond acceptors (Lipinski definition) is 4. The summed E-state index contributed by atoms with van der Waals surface area (Å²) in [6.07, 6.45) is -4.90. The highest BCUT2D eigenvalue weighted by Gasteiger charge is 2.39. The maximum absolute atomic E-state index is 12.6. The van der Waals surface area contributed by atoms with Gasteiger partial charge in [0.25, 0.3) is 0 Å². The largest absolute Gasteiger partial charge is 0.465 e. The molecule has 1 aromatic rings. The minimum Gasteiger partial charge on any atom is -0.465 e. The van der Waals surface area contributed by atoms with Crippen LogP contribution in [0.15, 0.2) is 5.38 Å². The fourth-order valence-corrected chi connectivity index (χ4v) is 3.53. The SMILES string of the molecule is CC(C)(C)N(C(=O)O)[C@@H]1CCN(c2nc(C(F)(F)F)cs2)C1. The van der Waals surface area contributed by atoms with Crippen LogP contribution >= 0.6 is 11.3 Å². The molecule has 124 valence electrons. The quantitative estimate of drug-likeness (QED) is 0.897. The number of thiazole rings is 1. The van der Waals surface area contributed by atoms with Gasteiger partial charge in [-0.05, 0) is 27.2 Å². The molecule has 1 amide bonds. The van der Waals surface area contributed by atoms with Crippen molar-refractivity contribution in [3.05, 3.63) is 11.1 Å². The number of halogens is 3. The van der Waals surface area contributed by atoms with Crippen LogP contribution in [0.3, 0.4) is 0 Å². The van der Waals surface area contributed by atoms with Crippen molar-refractivity contribution >= 4 is 22.6 Å². The fraction of sp³-hybridized carbons (Fsp3) is 0.692. The van der Waals surface area contributed by atoms with Gasteiger partial charge in [-0.2, -0.15) is 13.2 Å². The highest BCUT2D eigenvalue weighted by molar-refractivity contribution is 7.13. The van der Waals surface area contributed by atoms with Gasteiger partial charge >= 0.3 is 12.3 Å². The lowest BCUT2D eigenvalue weighted by Crippen LogP contribution is -2.52. The molecule has 22 heavy (non-hydrogen) atoms. The number of carboxylic acid groups (broad SMARTS) is 1. The number of hydrogen-bond donors (Lipinski definition) is 1. The third-order valence-corrected chi connectivity index (χ3v) is 4.41. The Morgan fingerprint density at radius 1 is 1.45 bits per heavy atom. The number of carbonyl (C=O) groups is 1. The van der Waals surface area contributed by atoms with Gasteiger partial charge in [0.2, 0.25) is 0 Å². The molecule has 5 nitrogen and oxygen atoms in total. The molecule has 1 N–H and O–H groups in total. The van der Waals surface area contributed by atoms with Gasteiger partial charge in [-0.25, -0.2) is 9.78 Å². The Balaban J connectivity index is 2.12. The first kappa shape index (κ1) is 16.9. The summed E-state index contributed by atoms with van der Waals surface area (Å²) in [6.45, 7) is 6.25. The van der Waals surface area contributed by atoms with Crippen molar-refractivity contribution in [3.63, 3.8) is 0 Å². The van der Waals surface area contributed by atoms with E-state index in [0.29, 0.717) is 19.5 Å². The lowest BCUT2D eigenvalue weighted by atomic mass is 10.0. The number of rotatable bonds is 2. The van der Waals surface area contributed by atoms with Crippen molar-refractivity contribution in [2.75, 3.05) is 18.0 Å². The van der Waals surface area contributed by atoms with Crippen LogP contribution in [-0.4, -0.2) is 45.8 Å². The summed E-state index contributed by atoms with van der Waals surface area (Å²) >= 11 is 0.932. The minimum atomic E-state index is -4.45. The molecule has 0 aromatic carbocycles. The van der Waals surface area contributed by atoms with Crippen molar-refractivity contribution in [1.29, 1.82) is 0 Å². The summed E-state index contributed by atoms with van der Waals surface area (Å²) in [5.41, 5.74) is -1.46. The average molecular weight is 337 g/mol. The first-order chi connectivity index (χ1) is 10.00. The molecule has 1 aliphatic heterocycles. The zero-order chi connectivity index (χ0) is 16.7. The summed E-state index contributed by atoms with van der Waals surface area (Å²) in [4.78, 5) is 18.2. The van der Waals surface area contributed by atoms with E-state index in [1.54, 1.807) is 25.7 Å². The molecule has 2 heterocycles. The monoisotopic (exact) mass is 337 g/mol. The normalized spacial score (nSPS) is 19.5. The Kier molecular flexibility index (Phi) is 4.29. The highest BCUT2D eigenvalue weighted by atomic mass is 32.1. The number of alkyl halides is 3. The van der Waals surface area contributed by atoms with E-state index in [-0.39, 0.29) is 11.2 Å². The second-order valence-electron chi connectivity index (χ2n) is 6.22. The van der Waals surface area contributed by atoms with Gasteiger partial charge in [-0.15, -0.1) is 11.3 Å². The topological polar surface area (TPSA) is 56.7 Å². The molecule has 1 fully saturated rings. The molecule has 1 atom stereocenters. The molecule has 2 rings (SSSR count). The summed E-state index contributed by atoms with van der Waals surface area (Å²) in [5, 5.41) is 10.7. The van der Waals surface area contributed by atoms with Crippen LogP contribution in [0.25, 0.3) is 0 Å². The molecule has 0 saturated carbocycles. The van der Waals surface area contributed by atoms with Crippen LogP contribution in [-0.2, 0) is 6.18 Å². The maximum Gasteiger partial charge on any atom is 0.434 e. The van der Waals surface area contributed by atoms with Crippen LogP contribution in [0, 0.1) is 0 Å². The third-order valence-electron chi connectivity index (χ3n) is 3.51. The lowest BCUT2D eigenvalue weighted by molar-refractivity contribution is -0.140. The van der Waals surface area contributed by atoms with E-state index >= 15 is 0 Å². The number of amides is 1. The smallest absolute Gasteiger partial charge is 0.434 e. The first-order valence-electron chi connectivity index (χ1n) is 6.80. The molecular formula is C13H18F3N3O2S. The van der Waals surface area contributed by atoms with E-state index in [1.165, 1.54) is 4.90 Å². The molecule has 0 aliphatic carbocycles. The third kappa shape index (κ3) is 3.45. The fourth-order valence-electron chi connectivity index (χ4n) is 2.66. The maximum atomic E-state index is 12.6. The molecule has 0 unspecified atom stereocenters. The van der Waals surface area contributed by atoms with Crippen LogP contribution in [0.5, 0.6) is 0 Å². The van der Waals surface area contributed by atoms with Crippen LogP contribution < -0.4 is 4.90 Å². The zero-order valence-electron chi connectivity index (χ0n) is 12.5.